The van der Waals surface area contributed by atoms with Crippen molar-refractivity contribution in [3.8, 4) is 0 Å². The minimum Gasteiger partial charge on any atom is -0.463 e. The van der Waals surface area contributed by atoms with Gasteiger partial charge in [-0.05, 0) is 31.5 Å². The maximum Gasteiger partial charge on any atom is 0.373 e. The molecule has 1 aliphatic heterocycles. The van der Waals surface area contributed by atoms with Gasteiger partial charge in [0.2, 0.25) is 11.7 Å². The first kappa shape index (κ1) is 15.5. The number of nitrogens with one attached hydrogen (secondary N) is 2. The molecule has 1 atom stereocenters. The lowest BCUT2D eigenvalue weighted by atomic mass is 10.2. The fourth-order valence-electron chi connectivity index (χ4n) is 1.89. The van der Waals surface area contributed by atoms with Gasteiger partial charge in [-0.25, -0.2) is 4.79 Å². The van der Waals surface area contributed by atoms with Gasteiger partial charge in [0.1, 0.15) is 5.76 Å². The molecule has 0 bridgehead atoms. The van der Waals surface area contributed by atoms with Crippen LogP contribution in [-0.2, 0) is 16.1 Å². The average molecular weight is 289 g/mol. The highest BCUT2D eigenvalue weighted by Gasteiger charge is 2.21. The Bertz CT molecular complexity index is 441. The van der Waals surface area contributed by atoms with E-state index < -0.39 is 5.97 Å². The lowest BCUT2D eigenvalue weighted by molar-refractivity contribution is -0.123. The second-order valence-electron chi connectivity index (χ2n) is 4.12. The highest BCUT2D eigenvalue weighted by Crippen LogP contribution is 2.09. The summed E-state index contributed by atoms with van der Waals surface area (Å²) >= 11 is 0. The number of amides is 1. The fourth-order valence-corrected chi connectivity index (χ4v) is 1.89. The summed E-state index contributed by atoms with van der Waals surface area (Å²) in [5, 5.41) is 5.87. The first-order valence-corrected chi connectivity index (χ1v) is 5.89. The normalized spacial score (nSPS) is 17.6. The number of rotatable bonds is 4. The summed E-state index contributed by atoms with van der Waals surface area (Å²) in [7, 11) is 1.29. The lowest BCUT2D eigenvalue weighted by Crippen LogP contribution is -2.39. The first-order valence-electron chi connectivity index (χ1n) is 5.89. The molecule has 1 fully saturated rings. The standard InChI is InChI=1S/C12H16N2O4.ClH/c1-17-12(16)10-5-4-8(18-10)7-14-11(15)9-3-2-6-13-9;/h4-5,9,13H,2-3,6-7H2,1H3,(H,14,15);1H. The Morgan fingerprint density at radius 3 is 2.95 bits per heavy atom. The van der Waals surface area contributed by atoms with E-state index in [0.717, 1.165) is 19.4 Å². The van der Waals surface area contributed by atoms with E-state index in [9.17, 15) is 9.59 Å². The zero-order valence-electron chi connectivity index (χ0n) is 10.6. The number of hydrogen-bond acceptors (Lipinski definition) is 5. The van der Waals surface area contributed by atoms with E-state index >= 15 is 0 Å². The summed E-state index contributed by atoms with van der Waals surface area (Å²) in [5.74, 6) is 0.107. The van der Waals surface area contributed by atoms with Gasteiger partial charge in [-0.3, -0.25) is 4.79 Å². The van der Waals surface area contributed by atoms with Gasteiger partial charge >= 0.3 is 5.97 Å². The largest absolute Gasteiger partial charge is 0.463 e. The smallest absolute Gasteiger partial charge is 0.373 e. The molecule has 1 aliphatic rings. The number of carbonyl (C=O) groups is 2. The van der Waals surface area contributed by atoms with Crippen LogP contribution >= 0.6 is 12.4 Å². The topological polar surface area (TPSA) is 80.6 Å². The van der Waals surface area contributed by atoms with Crippen molar-refractivity contribution in [1.82, 2.24) is 10.6 Å². The van der Waals surface area contributed by atoms with Crippen LogP contribution in [0.3, 0.4) is 0 Å². The van der Waals surface area contributed by atoms with Crippen molar-refractivity contribution in [2.45, 2.75) is 25.4 Å². The maximum atomic E-state index is 11.7. The van der Waals surface area contributed by atoms with Crippen LogP contribution in [0.25, 0.3) is 0 Å². The second-order valence-corrected chi connectivity index (χ2v) is 4.12. The van der Waals surface area contributed by atoms with Gasteiger partial charge in [0, 0.05) is 0 Å². The van der Waals surface area contributed by atoms with Crippen LogP contribution in [-0.4, -0.2) is 31.6 Å². The summed E-state index contributed by atoms with van der Waals surface area (Å²) in [6, 6.07) is 3.07. The molecule has 2 rings (SSSR count). The van der Waals surface area contributed by atoms with E-state index in [1.807, 2.05) is 0 Å². The molecule has 1 saturated heterocycles. The van der Waals surface area contributed by atoms with Crippen LogP contribution in [0.1, 0.15) is 29.2 Å². The molecule has 1 aromatic rings. The summed E-state index contributed by atoms with van der Waals surface area (Å²) in [5.41, 5.74) is 0. The molecule has 1 aromatic heterocycles. The van der Waals surface area contributed by atoms with Gasteiger partial charge < -0.3 is 19.8 Å². The van der Waals surface area contributed by atoms with Crippen LogP contribution in [0, 0.1) is 0 Å². The number of esters is 1. The van der Waals surface area contributed by atoms with Crippen LogP contribution in [0.4, 0.5) is 0 Å². The Morgan fingerprint density at radius 2 is 2.32 bits per heavy atom. The second kappa shape index (κ2) is 7.16. The van der Waals surface area contributed by atoms with Crippen LogP contribution < -0.4 is 10.6 Å². The fraction of sp³-hybridized carbons (Fsp3) is 0.500. The van der Waals surface area contributed by atoms with Gasteiger partial charge in [0.05, 0.1) is 19.7 Å². The predicted molar refractivity (Wildman–Crippen MR) is 70.2 cm³/mol. The molecule has 106 valence electrons. The maximum absolute atomic E-state index is 11.7. The molecule has 0 spiro atoms. The molecular weight excluding hydrogens is 272 g/mol. The van der Waals surface area contributed by atoms with Crippen molar-refractivity contribution in [2.24, 2.45) is 0 Å². The molecule has 0 saturated carbocycles. The average Bonchev–Trinajstić information content (AvgIpc) is 3.05. The molecule has 2 N–H and O–H groups in total. The Morgan fingerprint density at radius 1 is 1.53 bits per heavy atom. The SMILES string of the molecule is COC(=O)c1ccc(CNC(=O)C2CCCN2)o1.Cl. The van der Waals surface area contributed by atoms with Crippen LogP contribution in [0.5, 0.6) is 0 Å². The Hall–Kier alpha value is -1.53. The Labute approximate surface area is 117 Å². The van der Waals surface area contributed by atoms with Crippen molar-refractivity contribution in [3.63, 3.8) is 0 Å². The highest BCUT2D eigenvalue weighted by atomic mass is 35.5. The summed E-state index contributed by atoms with van der Waals surface area (Å²) in [4.78, 5) is 22.9. The summed E-state index contributed by atoms with van der Waals surface area (Å²) in [6.45, 7) is 1.15. The van der Waals surface area contributed by atoms with Crippen LogP contribution in [0.15, 0.2) is 16.5 Å². The van der Waals surface area contributed by atoms with Gasteiger partial charge in [-0.2, -0.15) is 0 Å². The highest BCUT2D eigenvalue weighted by molar-refractivity contribution is 5.86. The number of carbonyl (C=O) groups excluding carboxylic acids is 2. The number of halogens is 1. The monoisotopic (exact) mass is 288 g/mol. The summed E-state index contributed by atoms with van der Waals surface area (Å²) < 4.78 is 9.77. The van der Waals surface area contributed by atoms with Crippen LogP contribution in [0.2, 0.25) is 0 Å². The third kappa shape index (κ3) is 3.97. The van der Waals surface area contributed by atoms with Gasteiger partial charge in [0.25, 0.3) is 0 Å². The molecule has 1 amide bonds. The van der Waals surface area contributed by atoms with Crippen molar-refractivity contribution >= 4 is 24.3 Å². The third-order valence-corrected chi connectivity index (χ3v) is 2.86. The van der Waals surface area contributed by atoms with Crippen molar-refractivity contribution < 1.29 is 18.7 Å². The van der Waals surface area contributed by atoms with Crippen molar-refractivity contribution in [3.05, 3.63) is 23.7 Å². The number of ether oxygens (including phenoxy) is 1. The summed E-state index contributed by atoms with van der Waals surface area (Å²) in [6.07, 6.45) is 1.88. The molecule has 2 heterocycles. The van der Waals surface area contributed by atoms with Gasteiger partial charge in [0.15, 0.2) is 0 Å². The molecule has 1 unspecified atom stereocenters. The van der Waals surface area contributed by atoms with Crippen molar-refractivity contribution in [2.75, 3.05) is 13.7 Å². The molecule has 6 nitrogen and oxygen atoms in total. The lowest BCUT2D eigenvalue weighted by Gasteiger charge is -2.09. The number of furan rings is 1. The van der Waals surface area contributed by atoms with Crippen molar-refractivity contribution in [1.29, 1.82) is 0 Å². The zero-order chi connectivity index (χ0) is 13.0. The minimum atomic E-state index is -0.523. The Kier molecular flexibility index (Phi) is 5.85. The van der Waals surface area contributed by atoms with E-state index in [1.54, 1.807) is 6.07 Å². The zero-order valence-corrected chi connectivity index (χ0v) is 11.4. The number of hydrogen-bond donors (Lipinski definition) is 2. The predicted octanol–water partition coefficient (Wildman–Crippen LogP) is 0.856. The van der Waals surface area contributed by atoms with E-state index in [-0.39, 0.29) is 36.7 Å². The molecule has 19 heavy (non-hydrogen) atoms. The molecule has 0 aromatic carbocycles. The Balaban J connectivity index is 0.00000180. The first-order chi connectivity index (χ1) is 8.70. The van der Waals surface area contributed by atoms with Gasteiger partial charge in [-0.15, -0.1) is 12.4 Å². The number of methoxy groups -OCH3 is 1. The van der Waals surface area contributed by atoms with E-state index in [0.29, 0.717) is 5.76 Å². The third-order valence-electron chi connectivity index (χ3n) is 2.86. The molecule has 0 aliphatic carbocycles. The molecule has 7 heteroatoms. The van der Waals surface area contributed by atoms with E-state index in [2.05, 4.69) is 15.4 Å². The molecular formula is C12H17ClN2O4. The van der Waals surface area contributed by atoms with Gasteiger partial charge in [-0.1, -0.05) is 0 Å². The molecule has 0 radical (unpaired) electrons. The van der Waals surface area contributed by atoms with E-state index in [4.69, 9.17) is 4.42 Å². The van der Waals surface area contributed by atoms with E-state index in [1.165, 1.54) is 13.2 Å². The minimum absolute atomic E-state index is 0. The quantitative estimate of drug-likeness (QED) is 0.803.